The SMILES string of the molecule is CC(C)C[C@@H]1CCO[C@H]2C(C(=O)O)N(CC(=O)c3ccccc3)C[C@@H]2C1. The van der Waals surface area contributed by atoms with Gasteiger partial charge in [-0.2, -0.15) is 0 Å². The van der Waals surface area contributed by atoms with Crippen molar-refractivity contribution in [1.29, 1.82) is 0 Å². The largest absolute Gasteiger partial charge is 0.480 e. The van der Waals surface area contributed by atoms with E-state index in [4.69, 9.17) is 4.74 Å². The fourth-order valence-corrected chi connectivity index (χ4v) is 4.58. The Morgan fingerprint density at radius 2 is 2.00 bits per heavy atom. The second-order valence-corrected chi connectivity index (χ2v) is 8.12. The quantitative estimate of drug-likeness (QED) is 0.791. The van der Waals surface area contributed by atoms with Crippen molar-refractivity contribution in [2.45, 2.75) is 45.3 Å². The molecule has 2 aliphatic heterocycles. The third-order valence-corrected chi connectivity index (χ3v) is 5.61. The number of aliphatic carboxylic acids is 1. The molecule has 2 heterocycles. The van der Waals surface area contributed by atoms with Gasteiger partial charge >= 0.3 is 5.97 Å². The maximum atomic E-state index is 12.6. The van der Waals surface area contributed by atoms with Crippen LogP contribution in [0, 0.1) is 17.8 Å². The van der Waals surface area contributed by atoms with Crippen molar-refractivity contribution in [1.82, 2.24) is 4.90 Å². The van der Waals surface area contributed by atoms with Crippen molar-refractivity contribution >= 4 is 11.8 Å². The highest BCUT2D eigenvalue weighted by molar-refractivity contribution is 5.97. The van der Waals surface area contributed by atoms with E-state index in [1.165, 1.54) is 0 Å². The number of carbonyl (C=O) groups is 2. The van der Waals surface area contributed by atoms with Gasteiger partial charge < -0.3 is 9.84 Å². The van der Waals surface area contributed by atoms with E-state index in [1.807, 2.05) is 23.1 Å². The van der Waals surface area contributed by atoms with Crippen LogP contribution in [0.1, 0.15) is 43.5 Å². The molecule has 1 aromatic rings. The molecule has 2 saturated heterocycles. The van der Waals surface area contributed by atoms with Gasteiger partial charge in [0.1, 0.15) is 6.04 Å². The van der Waals surface area contributed by atoms with Gasteiger partial charge in [0, 0.05) is 24.6 Å². The highest BCUT2D eigenvalue weighted by Crippen LogP contribution is 2.37. The number of fused-ring (bicyclic) bond motifs is 1. The number of benzene rings is 1. The van der Waals surface area contributed by atoms with Crippen LogP contribution in [-0.2, 0) is 9.53 Å². The molecule has 4 atom stereocenters. The summed E-state index contributed by atoms with van der Waals surface area (Å²) in [7, 11) is 0. The van der Waals surface area contributed by atoms with Crippen molar-refractivity contribution < 1.29 is 19.4 Å². The lowest BCUT2D eigenvalue weighted by Gasteiger charge is -2.24. The van der Waals surface area contributed by atoms with Crippen molar-refractivity contribution in [3.05, 3.63) is 35.9 Å². The summed E-state index contributed by atoms with van der Waals surface area (Å²) in [6.45, 7) is 5.81. The Labute approximate surface area is 155 Å². The summed E-state index contributed by atoms with van der Waals surface area (Å²) in [6.07, 6.45) is 2.82. The Bertz CT molecular complexity index is 630. The smallest absolute Gasteiger partial charge is 0.323 e. The van der Waals surface area contributed by atoms with Gasteiger partial charge in [0.25, 0.3) is 0 Å². The van der Waals surface area contributed by atoms with Crippen LogP contribution in [0.25, 0.3) is 0 Å². The van der Waals surface area contributed by atoms with Gasteiger partial charge in [-0.1, -0.05) is 44.2 Å². The van der Waals surface area contributed by atoms with Gasteiger partial charge in [-0.05, 0) is 31.1 Å². The van der Waals surface area contributed by atoms with E-state index in [2.05, 4.69) is 13.8 Å². The third-order valence-electron chi connectivity index (χ3n) is 5.61. The van der Waals surface area contributed by atoms with Crippen LogP contribution in [0.2, 0.25) is 0 Å². The lowest BCUT2D eigenvalue weighted by molar-refractivity contribution is -0.146. The van der Waals surface area contributed by atoms with E-state index < -0.39 is 12.0 Å². The van der Waals surface area contributed by atoms with Crippen LogP contribution in [-0.4, -0.2) is 53.6 Å². The zero-order valence-corrected chi connectivity index (χ0v) is 15.6. The van der Waals surface area contributed by atoms with Crippen molar-refractivity contribution in [2.24, 2.45) is 17.8 Å². The number of carbonyl (C=O) groups excluding carboxylic acids is 1. The standard InChI is InChI=1S/C21H29NO4/c1-14(2)10-15-8-9-26-20-17(11-15)12-22(19(20)21(24)25)13-18(23)16-6-4-3-5-7-16/h3-7,14-15,17,19-20H,8-13H2,1-2H3,(H,24,25)/t15-,17-,19?,20+/m0/s1. The van der Waals surface area contributed by atoms with Crippen LogP contribution in [0.4, 0.5) is 0 Å². The van der Waals surface area contributed by atoms with Crippen LogP contribution >= 0.6 is 0 Å². The number of ether oxygens (including phenoxy) is 1. The van der Waals surface area contributed by atoms with Crippen molar-refractivity contribution in [2.75, 3.05) is 19.7 Å². The monoisotopic (exact) mass is 359 g/mol. The second-order valence-electron chi connectivity index (χ2n) is 8.12. The lowest BCUT2D eigenvalue weighted by atomic mass is 9.85. The topological polar surface area (TPSA) is 66.8 Å². The molecule has 1 unspecified atom stereocenters. The first kappa shape index (κ1) is 19.1. The molecule has 3 rings (SSSR count). The molecule has 0 saturated carbocycles. The highest BCUT2D eigenvalue weighted by Gasteiger charge is 2.48. The molecule has 0 aromatic heterocycles. The normalized spacial score (nSPS) is 29.3. The molecule has 0 radical (unpaired) electrons. The zero-order chi connectivity index (χ0) is 18.7. The Morgan fingerprint density at radius 3 is 2.65 bits per heavy atom. The first-order valence-corrected chi connectivity index (χ1v) is 9.62. The molecule has 5 heteroatoms. The molecule has 2 aliphatic rings. The van der Waals surface area contributed by atoms with E-state index in [0.717, 1.165) is 19.3 Å². The number of hydrogen-bond donors (Lipinski definition) is 1. The minimum atomic E-state index is -0.888. The molecule has 5 nitrogen and oxygen atoms in total. The first-order chi connectivity index (χ1) is 12.5. The van der Waals surface area contributed by atoms with Gasteiger partial charge in [-0.3, -0.25) is 14.5 Å². The number of likely N-dealkylation sites (tertiary alicyclic amines) is 1. The number of rotatable bonds is 6. The van der Waals surface area contributed by atoms with Crippen LogP contribution in [0.15, 0.2) is 30.3 Å². The Hall–Kier alpha value is -1.72. The van der Waals surface area contributed by atoms with Gasteiger partial charge in [-0.15, -0.1) is 0 Å². The van der Waals surface area contributed by atoms with Gasteiger partial charge in [-0.25, -0.2) is 0 Å². The molecule has 142 valence electrons. The van der Waals surface area contributed by atoms with Crippen molar-refractivity contribution in [3.8, 4) is 0 Å². The summed E-state index contributed by atoms with van der Waals surface area (Å²) in [5.41, 5.74) is 0.627. The number of carboxylic acid groups (broad SMARTS) is 1. The van der Waals surface area contributed by atoms with Gasteiger partial charge in [0.15, 0.2) is 5.78 Å². The molecular formula is C21H29NO4. The van der Waals surface area contributed by atoms with E-state index in [0.29, 0.717) is 30.6 Å². The predicted molar refractivity (Wildman–Crippen MR) is 99.2 cm³/mol. The van der Waals surface area contributed by atoms with E-state index in [1.54, 1.807) is 12.1 Å². The summed E-state index contributed by atoms with van der Waals surface area (Å²) in [5, 5.41) is 9.78. The third kappa shape index (κ3) is 4.33. The molecule has 26 heavy (non-hydrogen) atoms. The Balaban J connectivity index is 1.73. The van der Waals surface area contributed by atoms with Gasteiger partial charge in [0.05, 0.1) is 12.6 Å². The fourth-order valence-electron chi connectivity index (χ4n) is 4.58. The number of nitrogens with zero attached hydrogens (tertiary/aromatic N) is 1. The number of hydrogen-bond acceptors (Lipinski definition) is 4. The lowest BCUT2D eigenvalue weighted by Crippen LogP contribution is -2.45. The minimum Gasteiger partial charge on any atom is -0.480 e. The molecule has 0 amide bonds. The summed E-state index contributed by atoms with van der Waals surface area (Å²) >= 11 is 0. The molecular weight excluding hydrogens is 330 g/mol. The van der Waals surface area contributed by atoms with Crippen LogP contribution < -0.4 is 0 Å². The average Bonchev–Trinajstić information content (AvgIpc) is 2.80. The minimum absolute atomic E-state index is 0.0351. The Morgan fingerprint density at radius 1 is 1.27 bits per heavy atom. The average molecular weight is 359 g/mol. The van der Waals surface area contributed by atoms with Crippen LogP contribution in [0.5, 0.6) is 0 Å². The summed E-state index contributed by atoms with van der Waals surface area (Å²) in [5.74, 6) is 0.465. The summed E-state index contributed by atoms with van der Waals surface area (Å²) in [6, 6.07) is 8.35. The molecule has 0 bridgehead atoms. The predicted octanol–water partition coefficient (Wildman–Crippen LogP) is 3.10. The highest BCUT2D eigenvalue weighted by atomic mass is 16.5. The Kier molecular flexibility index (Phi) is 6.09. The number of ketones is 1. The zero-order valence-electron chi connectivity index (χ0n) is 15.6. The maximum Gasteiger partial charge on any atom is 0.323 e. The van der Waals surface area contributed by atoms with E-state index >= 15 is 0 Å². The molecule has 2 fully saturated rings. The van der Waals surface area contributed by atoms with Gasteiger partial charge in [0.2, 0.25) is 0 Å². The van der Waals surface area contributed by atoms with E-state index in [-0.39, 0.29) is 24.3 Å². The van der Waals surface area contributed by atoms with Crippen LogP contribution in [0.3, 0.4) is 0 Å². The summed E-state index contributed by atoms with van der Waals surface area (Å²) < 4.78 is 6.00. The molecule has 0 spiro atoms. The summed E-state index contributed by atoms with van der Waals surface area (Å²) in [4.78, 5) is 26.3. The van der Waals surface area contributed by atoms with E-state index in [9.17, 15) is 14.7 Å². The number of carboxylic acids is 1. The number of Topliss-reactive ketones (excluding diaryl/α,β-unsaturated/α-hetero) is 1. The maximum absolute atomic E-state index is 12.6. The van der Waals surface area contributed by atoms with Crippen molar-refractivity contribution in [3.63, 3.8) is 0 Å². The second kappa shape index (κ2) is 8.31. The molecule has 1 N–H and O–H groups in total. The fraction of sp³-hybridized carbons (Fsp3) is 0.619. The molecule has 0 aliphatic carbocycles. The first-order valence-electron chi connectivity index (χ1n) is 9.62. The molecule has 1 aromatic carbocycles.